The molecule has 3 atom stereocenters. The van der Waals surface area contributed by atoms with E-state index in [1.807, 2.05) is 6.92 Å². The number of aryl methyl sites for hydroxylation is 1. The predicted molar refractivity (Wildman–Crippen MR) is 119 cm³/mol. The number of nitrogen functional groups attached to an aromatic ring is 1. The number of carbonyl (C=O) groups is 3. The maximum atomic E-state index is 12.9. The molecule has 168 valence electrons. The van der Waals surface area contributed by atoms with Crippen molar-refractivity contribution in [1.29, 1.82) is 0 Å². The second-order valence-electron chi connectivity index (χ2n) is 7.48. The second kappa shape index (κ2) is 8.28. The molecule has 2 aromatic rings. The number of carboxylic acid groups (broad SMARTS) is 1. The van der Waals surface area contributed by atoms with E-state index in [1.165, 1.54) is 51.1 Å². The van der Waals surface area contributed by atoms with Gasteiger partial charge in [-0.2, -0.15) is 0 Å². The molecule has 2 amide bonds. The van der Waals surface area contributed by atoms with Gasteiger partial charge in [0.15, 0.2) is 8.68 Å². The first-order valence-electron chi connectivity index (χ1n) is 9.56. The molecule has 0 aromatic carbocycles. The fourth-order valence-corrected chi connectivity index (χ4v) is 7.76. The van der Waals surface area contributed by atoms with E-state index < -0.39 is 12.0 Å². The third-order valence-corrected chi connectivity index (χ3v) is 9.52. The van der Waals surface area contributed by atoms with Gasteiger partial charge in [-0.1, -0.05) is 46.2 Å². The third-order valence-electron chi connectivity index (χ3n) is 5.59. The number of anilines is 1. The summed E-state index contributed by atoms with van der Waals surface area (Å²) in [7, 11) is 0. The number of amides is 2. The molecule has 0 aliphatic carbocycles. The maximum Gasteiger partial charge on any atom is 0.352 e. The Morgan fingerprint density at radius 2 is 1.94 bits per heavy atom. The van der Waals surface area contributed by atoms with E-state index in [4.69, 9.17) is 5.73 Å². The van der Waals surface area contributed by atoms with Crippen molar-refractivity contribution in [2.24, 2.45) is 5.92 Å². The van der Waals surface area contributed by atoms with Crippen LogP contribution in [-0.2, 0) is 14.4 Å². The number of nitrogens with two attached hydrogens (primary N) is 1. The molecule has 32 heavy (non-hydrogen) atoms. The van der Waals surface area contributed by atoms with Crippen LogP contribution in [0.5, 0.6) is 0 Å². The van der Waals surface area contributed by atoms with Crippen molar-refractivity contribution in [3.05, 3.63) is 16.3 Å². The molecule has 0 saturated carbocycles. The van der Waals surface area contributed by atoms with Crippen LogP contribution in [0.15, 0.2) is 19.9 Å². The molecule has 0 radical (unpaired) electrons. The van der Waals surface area contributed by atoms with E-state index in [2.05, 4.69) is 20.4 Å². The SMILES string of the molecule is Cc1nnc(SCC2=C(C(=O)O)N3C(=O)[C@@H]4[C@H]3[C@H](C2)CN4C(=O)CSc2nnc(N)s2)s1. The normalized spacial score (nSPS) is 24.0. The monoisotopic (exact) mass is 511 g/mol. The number of aliphatic carboxylic acids is 1. The molecule has 3 aliphatic rings. The molecule has 0 spiro atoms. The number of likely N-dealkylation sites (tertiary alicyclic amines) is 1. The van der Waals surface area contributed by atoms with E-state index in [9.17, 15) is 19.5 Å². The highest BCUT2D eigenvalue weighted by atomic mass is 32.2. The highest BCUT2D eigenvalue weighted by Gasteiger charge is 2.63. The van der Waals surface area contributed by atoms with Gasteiger partial charge in [0, 0.05) is 18.2 Å². The molecule has 2 saturated heterocycles. The van der Waals surface area contributed by atoms with Crippen molar-refractivity contribution in [3.8, 4) is 0 Å². The Bertz CT molecular complexity index is 1150. The van der Waals surface area contributed by atoms with E-state index in [0.29, 0.717) is 33.8 Å². The van der Waals surface area contributed by atoms with Crippen LogP contribution in [0.25, 0.3) is 0 Å². The molecule has 11 nitrogen and oxygen atoms in total. The average Bonchev–Trinajstić information content (AvgIpc) is 3.45. The molecule has 5 heterocycles. The molecule has 3 N–H and O–H groups in total. The van der Waals surface area contributed by atoms with Gasteiger partial charge >= 0.3 is 5.97 Å². The van der Waals surface area contributed by atoms with E-state index in [1.54, 1.807) is 4.90 Å². The highest BCUT2D eigenvalue weighted by Crippen LogP contribution is 2.48. The van der Waals surface area contributed by atoms with Gasteiger partial charge < -0.3 is 15.7 Å². The van der Waals surface area contributed by atoms with Gasteiger partial charge in [0.2, 0.25) is 11.0 Å². The number of carboxylic acids is 1. The summed E-state index contributed by atoms with van der Waals surface area (Å²) in [5.41, 5.74) is 6.31. The third kappa shape index (κ3) is 3.66. The Balaban J connectivity index is 1.31. The zero-order chi connectivity index (χ0) is 22.6. The number of carbonyl (C=O) groups excluding carboxylic acids is 2. The van der Waals surface area contributed by atoms with Crippen molar-refractivity contribution in [2.45, 2.75) is 34.1 Å². The molecule has 0 bridgehead atoms. The Morgan fingerprint density at radius 1 is 1.19 bits per heavy atom. The van der Waals surface area contributed by atoms with Crippen molar-refractivity contribution in [3.63, 3.8) is 0 Å². The first-order valence-corrected chi connectivity index (χ1v) is 13.2. The lowest BCUT2D eigenvalue weighted by Gasteiger charge is -2.49. The van der Waals surface area contributed by atoms with Gasteiger partial charge in [-0.25, -0.2) is 4.79 Å². The minimum absolute atomic E-state index is 0.0127. The molecule has 3 aliphatic heterocycles. The summed E-state index contributed by atoms with van der Waals surface area (Å²) in [6.45, 7) is 2.28. The number of rotatable bonds is 7. The summed E-state index contributed by atoms with van der Waals surface area (Å²) < 4.78 is 1.35. The van der Waals surface area contributed by atoms with Crippen LogP contribution in [0, 0.1) is 12.8 Å². The molecular formula is C17H17N7O4S4. The summed E-state index contributed by atoms with van der Waals surface area (Å²) in [5.74, 6) is -1.07. The summed E-state index contributed by atoms with van der Waals surface area (Å²) in [4.78, 5) is 40.8. The van der Waals surface area contributed by atoms with Gasteiger partial charge in [-0.05, 0) is 18.9 Å². The summed E-state index contributed by atoms with van der Waals surface area (Å²) in [6, 6.07) is -0.876. The van der Waals surface area contributed by atoms with Gasteiger partial charge in [0.25, 0.3) is 5.91 Å². The Labute approximate surface area is 198 Å². The Kier molecular flexibility index (Phi) is 5.59. The molecular weight excluding hydrogens is 495 g/mol. The zero-order valence-corrected chi connectivity index (χ0v) is 19.9. The topological polar surface area (TPSA) is 156 Å². The summed E-state index contributed by atoms with van der Waals surface area (Å²) in [6.07, 6.45) is 0.529. The molecule has 5 rings (SSSR count). The highest BCUT2D eigenvalue weighted by molar-refractivity contribution is 8.01. The fourth-order valence-electron chi connectivity index (χ4n) is 4.39. The smallest absolute Gasteiger partial charge is 0.352 e. The number of hydrogen-bond donors (Lipinski definition) is 2. The van der Waals surface area contributed by atoms with Crippen LogP contribution in [0.1, 0.15) is 11.4 Å². The van der Waals surface area contributed by atoms with Gasteiger partial charge in [-0.3, -0.25) is 14.5 Å². The molecule has 0 unspecified atom stereocenters. The van der Waals surface area contributed by atoms with Crippen molar-refractivity contribution < 1.29 is 19.5 Å². The van der Waals surface area contributed by atoms with Crippen LogP contribution < -0.4 is 5.73 Å². The van der Waals surface area contributed by atoms with Crippen molar-refractivity contribution in [1.82, 2.24) is 30.2 Å². The quantitative estimate of drug-likeness (QED) is 0.403. The lowest BCUT2D eigenvalue weighted by Crippen LogP contribution is -2.69. The Morgan fingerprint density at radius 3 is 2.59 bits per heavy atom. The predicted octanol–water partition coefficient (Wildman–Crippen LogP) is 0.945. The van der Waals surface area contributed by atoms with E-state index >= 15 is 0 Å². The van der Waals surface area contributed by atoms with Gasteiger partial charge in [0.05, 0.1) is 11.8 Å². The minimum atomic E-state index is -1.12. The second-order valence-corrected chi connectivity index (χ2v) is 12.1. The van der Waals surface area contributed by atoms with E-state index in [0.717, 1.165) is 9.35 Å². The number of β-lactam (4-membered cyclic amide) rings is 1. The largest absolute Gasteiger partial charge is 0.477 e. The number of aromatic nitrogens is 4. The summed E-state index contributed by atoms with van der Waals surface area (Å²) >= 11 is 5.30. The number of thioether (sulfide) groups is 2. The maximum absolute atomic E-state index is 12.9. The lowest BCUT2D eigenvalue weighted by atomic mass is 9.79. The van der Waals surface area contributed by atoms with Crippen molar-refractivity contribution in [2.75, 3.05) is 23.8 Å². The van der Waals surface area contributed by atoms with E-state index in [-0.39, 0.29) is 35.2 Å². The summed E-state index contributed by atoms with van der Waals surface area (Å²) in [5, 5.41) is 26.7. The van der Waals surface area contributed by atoms with Crippen LogP contribution in [0.3, 0.4) is 0 Å². The molecule has 2 fully saturated rings. The zero-order valence-electron chi connectivity index (χ0n) is 16.6. The number of hydrogen-bond acceptors (Lipinski definition) is 12. The molecule has 15 heteroatoms. The number of nitrogens with zero attached hydrogens (tertiary/aromatic N) is 6. The Hall–Kier alpha value is -2.23. The van der Waals surface area contributed by atoms with Gasteiger partial charge in [0.1, 0.15) is 16.7 Å². The van der Waals surface area contributed by atoms with Crippen LogP contribution in [0.4, 0.5) is 5.13 Å². The lowest BCUT2D eigenvalue weighted by molar-refractivity contribution is -0.159. The minimum Gasteiger partial charge on any atom is -0.477 e. The van der Waals surface area contributed by atoms with Crippen LogP contribution in [-0.4, -0.2) is 83.2 Å². The average molecular weight is 512 g/mol. The van der Waals surface area contributed by atoms with Crippen LogP contribution >= 0.6 is 46.2 Å². The van der Waals surface area contributed by atoms with Crippen LogP contribution in [0.2, 0.25) is 0 Å². The first-order chi connectivity index (χ1) is 15.3. The van der Waals surface area contributed by atoms with Crippen molar-refractivity contribution >= 4 is 69.1 Å². The van der Waals surface area contributed by atoms with Gasteiger partial charge in [-0.15, -0.1) is 20.4 Å². The standard InChI is InChI=1S/C17H17N7O4S4/c1-6-19-21-16(31-6)29-4-8-2-7-3-23(9(25)5-30-17-22-20-15(18)32-17)12-10(7)24(13(12)26)11(8)14(27)28/h7,10,12H,2-5H2,1H3,(H2,18,20)(H,27,28)/t7-,10-,12+/m1/s1. The molecule has 2 aromatic heterocycles. The first kappa shape index (κ1) is 21.6. The fraction of sp³-hybridized carbons (Fsp3) is 0.471.